The van der Waals surface area contributed by atoms with Gasteiger partial charge in [0.25, 0.3) is 0 Å². The topological polar surface area (TPSA) is 32.5 Å². The van der Waals surface area contributed by atoms with Crippen LogP contribution in [0, 0.1) is 0 Å². The maximum Gasteiger partial charge on any atom is 0.0238 e. The normalized spacial score (nSPS) is 15.7. The highest BCUT2D eigenvalue weighted by Crippen LogP contribution is 2.12. The third-order valence-electron chi connectivity index (χ3n) is 3.33. The zero-order valence-electron chi connectivity index (χ0n) is 14.0. The van der Waals surface area contributed by atoms with Crippen LogP contribution in [0.5, 0.6) is 0 Å². The Morgan fingerprint density at radius 3 is 1.90 bits per heavy atom. The second kappa shape index (κ2) is 11.9. The molecular weight excluding hydrogens is 246 g/mol. The third kappa shape index (κ3) is 6.51. The van der Waals surface area contributed by atoms with Crippen molar-refractivity contribution in [1.29, 1.82) is 0 Å². The minimum absolute atomic E-state index is 0.643. The highest BCUT2D eigenvalue weighted by Gasteiger charge is 2.14. The van der Waals surface area contributed by atoms with Crippen molar-refractivity contribution in [1.82, 2.24) is 9.80 Å². The Morgan fingerprint density at radius 1 is 0.900 bits per heavy atom. The van der Waals surface area contributed by atoms with Crippen LogP contribution in [0.2, 0.25) is 0 Å². The second-order valence-corrected chi connectivity index (χ2v) is 4.55. The number of rotatable bonds is 3. The van der Waals surface area contributed by atoms with Crippen molar-refractivity contribution < 1.29 is 0 Å². The molecule has 3 nitrogen and oxygen atoms in total. The summed E-state index contributed by atoms with van der Waals surface area (Å²) >= 11 is 0. The van der Waals surface area contributed by atoms with Crippen LogP contribution in [0.4, 0.5) is 0 Å². The first-order valence-electron chi connectivity index (χ1n) is 7.97. The molecule has 2 N–H and O–H groups in total. The average molecular weight is 279 g/mol. The number of benzene rings is 1. The molecule has 0 bridgehead atoms. The van der Waals surface area contributed by atoms with Gasteiger partial charge < -0.3 is 10.6 Å². The fraction of sp³-hybridized carbons (Fsp3) is 0.647. The van der Waals surface area contributed by atoms with Crippen LogP contribution in [-0.4, -0.2) is 43.0 Å². The number of nitrogens with zero attached hydrogens (tertiary/aromatic N) is 2. The largest absolute Gasteiger partial charge is 0.326 e. The van der Waals surface area contributed by atoms with Gasteiger partial charge in [-0.1, -0.05) is 52.0 Å². The molecule has 0 aliphatic carbocycles. The van der Waals surface area contributed by atoms with E-state index >= 15 is 0 Å². The maximum absolute atomic E-state index is 5.75. The molecule has 0 unspecified atom stereocenters. The van der Waals surface area contributed by atoms with Crippen LogP contribution in [0.1, 0.15) is 38.8 Å². The van der Waals surface area contributed by atoms with E-state index in [4.69, 9.17) is 5.73 Å². The van der Waals surface area contributed by atoms with Gasteiger partial charge in [-0.05, 0) is 18.2 Å². The maximum atomic E-state index is 5.75. The molecule has 1 aliphatic rings. The Balaban J connectivity index is 0.000000829. The van der Waals surface area contributed by atoms with Crippen molar-refractivity contribution in [3.05, 3.63) is 35.4 Å². The van der Waals surface area contributed by atoms with Gasteiger partial charge in [-0.15, -0.1) is 0 Å². The van der Waals surface area contributed by atoms with E-state index in [0.717, 1.165) is 19.6 Å². The number of nitrogens with two attached hydrogens (primary N) is 1. The van der Waals surface area contributed by atoms with E-state index < -0.39 is 0 Å². The quantitative estimate of drug-likeness (QED) is 0.923. The van der Waals surface area contributed by atoms with E-state index in [2.05, 4.69) is 41.1 Å². The van der Waals surface area contributed by atoms with Crippen LogP contribution >= 0.6 is 0 Å². The van der Waals surface area contributed by atoms with E-state index in [9.17, 15) is 0 Å². The molecule has 1 aromatic rings. The molecule has 1 heterocycles. The van der Waals surface area contributed by atoms with Gasteiger partial charge in [0.05, 0.1) is 0 Å². The zero-order chi connectivity index (χ0) is 15.4. The molecule has 3 heteroatoms. The fourth-order valence-electron chi connectivity index (χ4n) is 2.16. The summed E-state index contributed by atoms with van der Waals surface area (Å²) in [5, 5.41) is 0. The Labute approximate surface area is 125 Å². The van der Waals surface area contributed by atoms with Gasteiger partial charge in [0.15, 0.2) is 0 Å². The van der Waals surface area contributed by atoms with Crippen LogP contribution in [0.15, 0.2) is 24.3 Å². The van der Waals surface area contributed by atoms with E-state index in [1.165, 1.54) is 24.2 Å². The van der Waals surface area contributed by atoms with E-state index in [1.54, 1.807) is 0 Å². The lowest BCUT2D eigenvalue weighted by molar-refractivity contribution is 0.148. The fourth-order valence-corrected chi connectivity index (χ4v) is 2.16. The predicted molar refractivity (Wildman–Crippen MR) is 89.8 cm³/mol. The first-order valence-corrected chi connectivity index (χ1v) is 7.97. The minimum atomic E-state index is 0.643. The highest BCUT2D eigenvalue weighted by atomic mass is 15.2. The predicted octanol–water partition coefficient (Wildman–Crippen LogP) is 2.95. The van der Waals surface area contributed by atoms with E-state index in [1.807, 2.05) is 27.7 Å². The lowest BCUT2D eigenvalue weighted by Crippen LogP contribution is -2.44. The number of hydrogen-bond acceptors (Lipinski definition) is 3. The lowest BCUT2D eigenvalue weighted by Gasteiger charge is -2.32. The summed E-state index contributed by atoms with van der Waals surface area (Å²) in [6.07, 6.45) is 0. The smallest absolute Gasteiger partial charge is 0.0238 e. The molecule has 0 radical (unpaired) electrons. The molecule has 20 heavy (non-hydrogen) atoms. The molecule has 0 aromatic heterocycles. The van der Waals surface area contributed by atoms with Gasteiger partial charge in [-0.3, -0.25) is 4.90 Å². The molecule has 2 rings (SSSR count). The number of likely N-dealkylation sites (N-methyl/N-ethyl adjacent to an activating group) is 1. The summed E-state index contributed by atoms with van der Waals surface area (Å²) in [6, 6.07) is 8.49. The van der Waals surface area contributed by atoms with Gasteiger partial charge in [-0.25, -0.2) is 0 Å². The molecule has 1 aliphatic heterocycles. The van der Waals surface area contributed by atoms with Gasteiger partial charge in [0, 0.05) is 39.3 Å². The average Bonchev–Trinajstić information content (AvgIpc) is 2.54. The highest BCUT2D eigenvalue weighted by molar-refractivity contribution is 5.26. The standard InChI is InChI=1S/C13H21N3.2C2H6/c1-15-6-8-16(9-7-15)11-13-5-3-2-4-12(13)10-14;2*1-2/h2-5H,6-11,14H2,1H3;2*1-2H3. The molecule has 0 atom stereocenters. The summed E-state index contributed by atoms with van der Waals surface area (Å²) in [4.78, 5) is 4.89. The Kier molecular flexibility index (Phi) is 11.4. The first kappa shape index (κ1) is 19.1. The van der Waals surface area contributed by atoms with E-state index in [-0.39, 0.29) is 0 Å². The SMILES string of the molecule is CC.CC.CN1CCN(Cc2ccccc2CN)CC1. The molecule has 1 saturated heterocycles. The van der Waals surface area contributed by atoms with E-state index in [0.29, 0.717) is 6.54 Å². The first-order chi connectivity index (χ1) is 9.79. The lowest BCUT2D eigenvalue weighted by atomic mass is 10.1. The van der Waals surface area contributed by atoms with Crippen LogP contribution in [0.25, 0.3) is 0 Å². The summed E-state index contributed by atoms with van der Waals surface area (Å²) in [5.74, 6) is 0. The molecule has 0 spiro atoms. The Morgan fingerprint density at radius 2 is 1.40 bits per heavy atom. The number of hydrogen-bond donors (Lipinski definition) is 1. The molecule has 1 aromatic carbocycles. The summed E-state index contributed by atoms with van der Waals surface area (Å²) in [5.41, 5.74) is 8.41. The summed E-state index contributed by atoms with van der Waals surface area (Å²) < 4.78 is 0. The molecule has 0 saturated carbocycles. The molecular formula is C17H33N3. The van der Waals surface area contributed by atoms with Crippen LogP contribution < -0.4 is 5.73 Å². The van der Waals surface area contributed by atoms with Crippen LogP contribution in [-0.2, 0) is 13.1 Å². The van der Waals surface area contributed by atoms with Crippen molar-refractivity contribution in [2.24, 2.45) is 5.73 Å². The van der Waals surface area contributed by atoms with Gasteiger partial charge in [-0.2, -0.15) is 0 Å². The van der Waals surface area contributed by atoms with Gasteiger partial charge >= 0.3 is 0 Å². The Hall–Kier alpha value is -0.900. The minimum Gasteiger partial charge on any atom is -0.326 e. The van der Waals surface area contributed by atoms with Crippen molar-refractivity contribution in [3.63, 3.8) is 0 Å². The second-order valence-electron chi connectivity index (χ2n) is 4.55. The molecule has 116 valence electrons. The van der Waals surface area contributed by atoms with Gasteiger partial charge in [0.1, 0.15) is 0 Å². The summed E-state index contributed by atoms with van der Waals surface area (Å²) in [7, 11) is 2.19. The molecule has 1 fully saturated rings. The van der Waals surface area contributed by atoms with Crippen molar-refractivity contribution in [2.75, 3.05) is 33.2 Å². The molecule has 0 amide bonds. The summed E-state index contributed by atoms with van der Waals surface area (Å²) in [6.45, 7) is 14.4. The van der Waals surface area contributed by atoms with Crippen molar-refractivity contribution in [3.8, 4) is 0 Å². The monoisotopic (exact) mass is 279 g/mol. The van der Waals surface area contributed by atoms with Crippen molar-refractivity contribution in [2.45, 2.75) is 40.8 Å². The zero-order valence-corrected chi connectivity index (χ0v) is 14.0. The van der Waals surface area contributed by atoms with Crippen LogP contribution in [0.3, 0.4) is 0 Å². The van der Waals surface area contributed by atoms with Gasteiger partial charge in [0.2, 0.25) is 0 Å². The Bertz CT molecular complexity index is 331. The third-order valence-corrected chi connectivity index (χ3v) is 3.33. The number of piperazine rings is 1. The van der Waals surface area contributed by atoms with Crippen molar-refractivity contribution >= 4 is 0 Å².